The van der Waals surface area contributed by atoms with Crippen molar-refractivity contribution in [1.29, 1.82) is 0 Å². The van der Waals surface area contributed by atoms with Crippen LogP contribution in [0.4, 0.5) is 0 Å². The molecule has 2 N–H and O–H groups in total. The molecule has 2 rings (SSSR count). The van der Waals surface area contributed by atoms with Gasteiger partial charge in [-0.2, -0.15) is 5.06 Å². The van der Waals surface area contributed by atoms with Crippen LogP contribution in [0.5, 0.6) is 0 Å². The average molecular weight is 192 g/mol. The van der Waals surface area contributed by atoms with Crippen molar-refractivity contribution >= 4 is 0 Å². The predicted octanol–water partition coefficient (Wildman–Crippen LogP) is 1.15. The number of benzene rings is 1. The first-order valence-corrected chi connectivity index (χ1v) is 5.04. The highest BCUT2D eigenvalue weighted by molar-refractivity contribution is 5.14. The van der Waals surface area contributed by atoms with Gasteiger partial charge in [0.05, 0.1) is 6.10 Å². The molecule has 1 aromatic carbocycles. The first-order chi connectivity index (χ1) is 6.88. The minimum Gasteiger partial charge on any atom is -0.328 e. The SMILES string of the molecule is NCC1CCN(Cc2ccccc2)O1. The van der Waals surface area contributed by atoms with Gasteiger partial charge in [-0.25, -0.2) is 0 Å². The molecule has 76 valence electrons. The predicted molar refractivity (Wildman–Crippen MR) is 55.4 cm³/mol. The molecule has 3 heteroatoms. The lowest BCUT2D eigenvalue weighted by atomic mass is 10.2. The highest BCUT2D eigenvalue weighted by atomic mass is 16.7. The molecule has 14 heavy (non-hydrogen) atoms. The summed E-state index contributed by atoms with van der Waals surface area (Å²) in [6.45, 7) is 2.46. The van der Waals surface area contributed by atoms with Gasteiger partial charge < -0.3 is 5.73 Å². The Morgan fingerprint density at radius 2 is 2.14 bits per heavy atom. The van der Waals surface area contributed by atoms with E-state index in [1.807, 2.05) is 23.3 Å². The summed E-state index contributed by atoms with van der Waals surface area (Å²) in [6, 6.07) is 10.3. The van der Waals surface area contributed by atoms with E-state index in [1.54, 1.807) is 0 Å². The maximum absolute atomic E-state index is 5.62. The highest BCUT2D eigenvalue weighted by Crippen LogP contribution is 2.15. The molecule has 3 nitrogen and oxygen atoms in total. The number of rotatable bonds is 3. The van der Waals surface area contributed by atoms with Gasteiger partial charge in [0.2, 0.25) is 0 Å². The van der Waals surface area contributed by atoms with Gasteiger partial charge in [-0.3, -0.25) is 4.84 Å². The van der Waals surface area contributed by atoms with Gasteiger partial charge in [0, 0.05) is 19.6 Å². The van der Waals surface area contributed by atoms with Crippen molar-refractivity contribution in [2.45, 2.75) is 19.1 Å². The van der Waals surface area contributed by atoms with Crippen molar-refractivity contribution in [2.75, 3.05) is 13.1 Å². The van der Waals surface area contributed by atoms with E-state index in [2.05, 4.69) is 12.1 Å². The van der Waals surface area contributed by atoms with Crippen LogP contribution in [0.2, 0.25) is 0 Å². The Hall–Kier alpha value is -0.900. The van der Waals surface area contributed by atoms with E-state index in [4.69, 9.17) is 10.6 Å². The second-order valence-corrected chi connectivity index (χ2v) is 3.60. The number of hydrogen-bond donors (Lipinski definition) is 1. The Bertz CT molecular complexity index is 276. The average Bonchev–Trinajstić information content (AvgIpc) is 2.67. The molecule has 0 amide bonds. The lowest BCUT2D eigenvalue weighted by Crippen LogP contribution is -2.23. The van der Waals surface area contributed by atoms with Crippen LogP contribution in [0, 0.1) is 0 Å². The van der Waals surface area contributed by atoms with E-state index in [1.165, 1.54) is 5.56 Å². The maximum Gasteiger partial charge on any atom is 0.0928 e. The summed E-state index contributed by atoms with van der Waals surface area (Å²) >= 11 is 0. The lowest BCUT2D eigenvalue weighted by Gasteiger charge is -2.15. The topological polar surface area (TPSA) is 38.5 Å². The van der Waals surface area contributed by atoms with Crippen LogP contribution in [0.3, 0.4) is 0 Å². The van der Waals surface area contributed by atoms with Gasteiger partial charge in [0.25, 0.3) is 0 Å². The van der Waals surface area contributed by atoms with Crippen LogP contribution in [-0.4, -0.2) is 24.3 Å². The molecule has 1 aliphatic rings. The van der Waals surface area contributed by atoms with Crippen LogP contribution in [0.1, 0.15) is 12.0 Å². The van der Waals surface area contributed by atoms with E-state index in [0.717, 1.165) is 19.5 Å². The van der Waals surface area contributed by atoms with Gasteiger partial charge in [0.15, 0.2) is 0 Å². The van der Waals surface area contributed by atoms with Gasteiger partial charge in [-0.1, -0.05) is 30.3 Å². The number of hydroxylamine groups is 2. The Morgan fingerprint density at radius 3 is 2.79 bits per heavy atom. The third-order valence-electron chi connectivity index (χ3n) is 2.46. The highest BCUT2D eigenvalue weighted by Gasteiger charge is 2.21. The number of hydrogen-bond acceptors (Lipinski definition) is 3. The van der Waals surface area contributed by atoms with Crippen LogP contribution >= 0.6 is 0 Å². The second-order valence-electron chi connectivity index (χ2n) is 3.60. The summed E-state index contributed by atoms with van der Waals surface area (Å²) in [5, 5.41) is 1.99. The summed E-state index contributed by atoms with van der Waals surface area (Å²) in [7, 11) is 0. The van der Waals surface area contributed by atoms with Crippen molar-refractivity contribution in [1.82, 2.24) is 5.06 Å². The van der Waals surface area contributed by atoms with Crippen molar-refractivity contribution in [3.05, 3.63) is 35.9 Å². The van der Waals surface area contributed by atoms with E-state index in [0.29, 0.717) is 6.54 Å². The van der Waals surface area contributed by atoms with E-state index < -0.39 is 0 Å². The first-order valence-electron chi connectivity index (χ1n) is 5.04. The van der Waals surface area contributed by atoms with Crippen molar-refractivity contribution < 1.29 is 4.84 Å². The van der Waals surface area contributed by atoms with Crippen molar-refractivity contribution in [2.24, 2.45) is 5.73 Å². The molecule has 1 fully saturated rings. The molecule has 0 saturated carbocycles. The van der Waals surface area contributed by atoms with Crippen LogP contribution in [0.15, 0.2) is 30.3 Å². The molecule has 1 heterocycles. The molecular weight excluding hydrogens is 176 g/mol. The molecule has 1 aliphatic heterocycles. The van der Waals surface area contributed by atoms with E-state index >= 15 is 0 Å². The maximum atomic E-state index is 5.62. The molecule has 0 bridgehead atoms. The molecule has 1 unspecified atom stereocenters. The largest absolute Gasteiger partial charge is 0.328 e. The summed E-state index contributed by atoms with van der Waals surface area (Å²) in [5.74, 6) is 0. The summed E-state index contributed by atoms with van der Waals surface area (Å²) in [4.78, 5) is 5.62. The molecule has 1 saturated heterocycles. The van der Waals surface area contributed by atoms with Gasteiger partial charge in [0.1, 0.15) is 0 Å². The Balaban J connectivity index is 1.88. The molecule has 1 atom stereocenters. The zero-order valence-corrected chi connectivity index (χ0v) is 8.23. The molecule has 0 aliphatic carbocycles. The number of nitrogens with two attached hydrogens (primary N) is 1. The quantitative estimate of drug-likeness (QED) is 0.780. The minimum absolute atomic E-state index is 0.221. The normalized spacial score (nSPS) is 22.8. The van der Waals surface area contributed by atoms with Gasteiger partial charge in [-0.15, -0.1) is 0 Å². The standard InChI is InChI=1S/C11H16N2O/c12-8-11-6-7-13(14-11)9-10-4-2-1-3-5-10/h1-5,11H,6-9,12H2. The minimum atomic E-state index is 0.221. The molecule has 0 spiro atoms. The Morgan fingerprint density at radius 1 is 1.36 bits per heavy atom. The smallest absolute Gasteiger partial charge is 0.0928 e. The van der Waals surface area contributed by atoms with Gasteiger partial charge in [-0.05, 0) is 12.0 Å². The lowest BCUT2D eigenvalue weighted by molar-refractivity contribution is -0.149. The third kappa shape index (κ3) is 2.32. The second kappa shape index (κ2) is 4.55. The zero-order valence-electron chi connectivity index (χ0n) is 8.23. The molecule has 0 radical (unpaired) electrons. The van der Waals surface area contributed by atoms with Crippen LogP contribution in [-0.2, 0) is 11.4 Å². The fourth-order valence-electron chi connectivity index (χ4n) is 1.67. The van der Waals surface area contributed by atoms with Crippen molar-refractivity contribution in [3.8, 4) is 0 Å². The molecule has 1 aromatic rings. The fourth-order valence-corrected chi connectivity index (χ4v) is 1.67. The van der Waals surface area contributed by atoms with E-state index in [-0.39, 0.29) is 6.10 Å². The summed E-state index contributed by atoms with van der Waals surface area (Å²) in [5.41, 5.74) is 6.82. The summed E-state index contributed by atoms with van der Waals surface area (Å²) < 4.78 is 0. The molecular formula is C11H16N2O. The van der Waals surface area contributed by atoms with E-state index in [9.17, 15) is 0 Å². The number of nitrogens with zero attached hydrogens (tertiary/aromatic N) is 1. The summed E-state index contributed by atoms with van der Waals surface area (Å²) in [6.07, 6.45) is 1.27. The van der Waals surface area contributed by atoms with Gasteiger partial charge >= 0.3 is 0 Å². The zero-order chi connectivity index (χ0) is 9.80. The molecule has 0 aromatic heterocycles. The van der Waals surface area contributed by atoms with Crippen LogP contribution < -0.4 is 5.73 Å². The van der Waals surface area contributed by atoms with Crippen molar-refractivity contribution in [3.63, 3.8) is 0 Å². The Labute approximate surface area is 84.4 Å². The fraction of sp³-hybridized carbons (Fsp3) is 0.455. The third-order valence-corrected chi connectivity index (χ3v) is 2.46. The Kier molecular flexibility index (Phi) is 3.14. The van der Waals surface area contributed by atoms with Crippen LogP contribution in [0.25, 0.3) is 0 Å². The monoisotopic (exact) mass is 192 g/mol. The first kappa shape index (κ1) is 9.65.